The second-order valence-corrected chi connectivity index (χ2v) is 3.20. The lowest BCUT2D eigenvalue weighted by atomic mass is 10.2. The Morgan fingerprint density at radius 3 is 2.85 bits per heavy atom. The summed E-state index contributed by atoms with van der Waals surface area (Å²) >= 11 is 0. The van der Waals surface area contributed by atoms with E-state index >= 15 is 0 Å². The minimum Gasteiger partial charge on any atom is -0.368 e. The molecule has 13 heavy (non-hydrogen) atoms. The van der Waals surface area contributed by atoms with Crippen LogP contribution in [0.3, 0.4) is 0 Å². The largest absolute Gasteiger partial charge is 0.368 e. The van der Waals surface area contributed by atoms with Gasteiger partial charge in [0.2, 0.25) is 5.95 Å². The number of aromatic nitrogens is 4. The van der Waals surface area contributed by atoms with Crippen LogP contribution in [-0.2, 0) is 0 Å². The molecule has 0 atom stereocenters. The van der Waals surface area contributed by atoms with Crippen molar-refractivity contribution >= 4 is 11.6 Å². The highest BCUT2D eigenvalue weighted by molar-refractivity contribution is 5.41. The fraction of sp³-hybridized carbons (Fsp3) is 0.375. The summed E-state index contributed by atoms with van der Waals surface area (Å²) in [4.78, 5) is 8.45. The Hall–Kier alpha value is -1.65. The summed E-state index contributed by atoms with van der Waals surface area (Å²) in [6, 6.07) is 1.81. The first kappa shape index (κ1) is 7.97. The fourth-order valence-electron chi connectivity index (χ4n) is 1.12. The second-order valence-electron chi connectivity index (χ2n) is 3.20. The lowest BCUT2D eigenvalue weighted by Gasteiger charge is -2.04. The first-order chi connectivity index (χ1) is 6.18. The second kappa shape index (κ2) is 2.69. The molecule has 2 aromatic rings. The molecule has 0 aliphatic rings. The monoisotopic (exact) mass is 177 g/mol. The van der Waals surface area contributed by atoms with Crippen LogP contribution < -0.4 is 5.73 Å². The lowest BCUT2D eigenvalue weighted by Crippen LogP contribution is -2.08. The molecular weight excluding hydrogens is 166 g/mol. The topological polar surface area (TPSA) is 69.1 Å². The maximum absolute atomic E-state index is 5.69. The molecule has 2 rings (SSSR count). The van der Waals surface area contributed by atoms with Crippen LogP contribution in [0.4, 0.5) is 5.95 Å². The van der Waals surface area contributed by atoms with E-state index in [4.69, 9.17) is 5.73 Å². The molecule has 2 N–H and O–H groups in total. The third-order valence-electron chi connectivity index (χ3n) is 1.81. The molecule has 5 nitrogen and oxygen atoms in total. The molecule has 0 saturated carbocycles. The molecule has 0 spiro atoms. The number of rotatable bonds is 1. The molecule has 0 fully saturated rings. The van der Waals surface area contributed by atoms with Crippen LogP contribution in [0, 0.1) is 0 Å². The summed E-state index contributed by atoms with van der Waals surface area (Å²) in [5, 5.41) is 3.99. The lowest BCUT2D eigenvalue weighted by molar-refractivity contribution is 0.756. The maximum Gasteiger partial charge on any atom is 0.224 e. The zero-order chi connectivity index (χ0) is 9.42. The average molecular weight is 177 g/mol. The van der Waals surface area contributed by atoms with Gasteiger partial charge < -0.3 is 5.73 Å². The van der Waals surface area contributed by atoms with E-state index < -0.39 is 0 Å². The SMILES string of the molecule is CC(C)c1nc(N)n2nccc2n1. The zero-order valence-corrected chi connectivity index (χ0v) is 7.60. The summed E-state index contributed by atoms with van der Waals surface area (Å²) in [5.41, 5.74) is 6.44. The van der Waals surface area contributed by atoms with Gasteiger partial charge in [-0.25, -0.2) is 4.98 Å². The summed E-state index contributed by atoms with van der Waals surface area (Å²) in [7, 11) is 0. The van der Waals surface area contributed by atoms with E-state index in [0.717, 1.165) is 11.5 Å². The molecule has 2 aromatic heterocycles. The first-order valence-corrected chi connectivity index (χ1v) is 4.15. The molecule has 0 radical (unpaired) electrons. The van der Waals surface area contributed by atoms with E-state index in [1.165, 1.54) is 4.52 Å². The van der Waals surface area contributed by atoms with Gasteiger partial charge in [-0.3, -0.25) is 0 Å². The van der Waals surface area contributed by atoms with E-state index in [-0.39, 0.29) is 5.92 Å². The summed E-state index contributed by atoms with van der Waals surface area (Å²) in [5.74, 6) is 1.42. The van der Waals surface area contributed by atoms with Crippen LogP contribution in [0.15, 0.2) is 12.3 Å². The number of fused-ring (bicyclic) bond motifs is 1. The van der Waals surface area contributed by atoms with Gasteiger partial charge in [0.15, 0.2) is 5.65 Å². The third kappa shape index (κ3) is 1.22. The average Bonchev–Trinajstić information content (AvgIpc) is 2.51. The van der Waals surface area contributed by atoms with Crippen molar-refractivity contribution in [2.75, 3.05) is 5.73 Å². The number of nitrogen functional groups attached to an aromatic ring is 1. The molecular formula is C8H11N5. The van der Waals surface area contributed by atoms with Gasteiger partial charge in [0.05, 0.1) is 6.20 Å². The highest BCUT2D eigenvalue weighted by Crippen LogP contribution is 2.11. The third-order valence-corrected chi connectivity index (χ3v) is 1.81. The number of hydrogen-bond donors (Lipinski definition) is 1. The van der Waals surface area contributed by atoms with Gasteiger partial charge in [0.1, 0.15) is 5.82 Å². The Kier molecular flexibility index (Phi) is 1.65. The van der Waals surface area contributed by atoms with E-state index in [1.807, 2.05) is 19.9 Å². The van der Waals surface area contributed by atoms with Gasteiger partial charge in [-0.2, -0.15) is 14.6 Å². The van der Waals surface area contributed by atoms with E-state index in [2.05, 4.69) is 15.1 Å². The van der Waals surface area contributed by atoms with Crippen molar-refractivity contribution in [1.82, 2.24) is 19.6 Å². The van der Waals surface area contributed by atoms with Gasteiger partial charge >= 0.3 is 0 Å². The molecule has 68 valence electrons. The Morgan fingerprint density at radius 1 is 1.38 bits per heavy atom. The Bertz CT molecular complexity index is 431. The predicted molar refractivity (Wildman–Crippen MR) is 49.3 cm³/mol. The first-order valence-electron chi connectivity index (χ1n) is 4.15. The number of hydrogen-bond acceptors (Lipinski definition) is 4. The van der Waals surface area contributed by atoms with Crippen LogP contribution in [0.1, 0.15) is 25.6 Å². The molecule has 0 aromatic carbocycles. The standard InChI is InChI=1S/C8H11N5/c1-5(2)7-11-6-3-4-10-13(6)8(9)12-7/h3-5H,1-2H3,(H2,9,11,12). The molecule has 0 saturated heterocycles. The van der Waals surface area contributed by atoms with Crippen LogP contribution >= 0.6 is 0 Å². The van der Waals surface area contributed by atoms with Crippen molar-refractivity contribution in [3.8, 4) is 0 Å². The minimum atomic E-state index is 0.280. The molecule has 0 amide bonds. The molecule has 0 unspecified atom stereocenters. The Balaban J connectivity index is 2.70. The number of nitrogens with two attached hydrogens (primary N) is 1. The normalized spacial score (nSPS) is 11.3. The number of anilines is 1. The van der Waals surface area contributed by atoms with Crippen LogP contribution in [-0.4, -0.2) is 19.6 Å². The summed E-state index contributed by atoms with van der Waals surface area (Å²) in [6.07, 6.45) is 1.66. The smallest absolute Gasteiger partial charge is 0.224 e. The molecule has 0 aliphatic carbocycles. The van der Waals surface area contributed by atoms with Crippen LogP contribution in [0.25, 0.3) is 5.65 Å². The molecule has 5 heteroatoms. The zero-order valence-electron chi connectivity index (χ0n) is 7.60. The van der Waals surface area contributed by atoms with Crippen molar-refractivity contribution in [2.24, 2.45) is 0 Å². The van der Waals surface area contributed by atoms with E-state index in [0.29, 0.717) is 5.95 Å². The predicted octanol–water partition coefficient (Wildman–Crippen LogP) is 0.830. The highest BCUT2D eigenvalue weighted by atomic mass is 15.3. The quantitative estimate of drug-likeness (QED) is 0.700. The van der Waals surface area contributed by atoms with Crippen molar-refractivity contribution in [3.05, 3.63) is 18.1 Å². The van der Waals surface area contributed by atoms with Gasteiger partial charge in [-0.15, -0.1) is 0 Å². The van der Waals surface area contributed by atoms with Gasteiger partial charge in [-0.1, -0.05) is 13.8 Å². The summed E-state index contributed by atoms with van der Waals surface area (Å²) < 4.78 is 1.52. The maximum atomic E-state index is 5.69. The van der Waals surface area contributed by atoms with Crippen molar-refractivity contribution in [2.45, 2.75) is 19.8 Å². The highest BCUT2D eigenvalue weighted by Gasteiger charge is 2.07. The van der Waals surface area contributed by atoms with Crippen molar-refractivity contribution in [3.63, 3.8) is 0 Å². The van der Waals surface area contributed by atoms with Crippen molar-refractivity contribution < 1.29 is 0 Å². The van der Waals surface area contributed by atoms with Crippen LogP contribution in [0.5, 0.6) is 0 Å². The van der Waals surface area contributed by atoms with Crippen LogP contribution in [0.2, 0.25) is 0 Å². The molecule has 0 aliphatic heterocycles. The molecule has 0 bridgehead atoms. The van der Waals surface area contributed by atoms with Gasteiger partial charge in [0, 0.05) is 12.0 Å². The van der Waals surface area contributed by atoms with Gasteiger partial charge in [0.25, 0.3) is 0 Å². The number of nitrogens with zero attached hydrogens (tertiary/aromatic N) is 4. The fourth-order valence-corrected chi connectivity index (χ4v) is 1.12. The Morgan fingerprint density at radius 2 is 2.15 bits per heavy atom. The Labute approximate surface area is 75.6 Å². The van der Waals surface area contributed by atoms with E-state index in [1.54, 1.807) is 6.20 Å². The van der Waals surface area contributed by atoms with E-state index in [9.17, 15) is 0 Å². The molecule has 2 heterocycles. The van der Waals surface area contributed by atoms with Crippen molar-refractivity contribution in [1.29, 1.82) is 0 Å². The summed E-state index contributed by atoms with van der Waals surface area (Å²) in [6.45, 7) is 4.06. The van der Waals surface area contributed by atoms with Gasteiger partial charge in [-0.05, 0) is 0 Å². The minimum absolute atomic E-state index is 0.280.